The predicted octanol–water partition coefficient (Wildman–Crippen LogP) is 2.11. The van der Waals surface area contributed by atoms with Gasteiger partial charge < -0.3 is 15.9 Å². The number of hydrogen-bond acceptors (Lipinski definition) is 4. The third-order valence-corrected chi connectivity index (χ3v) is 3.74. The summed E-state index contributed by atoms with van der Waals surface area (Å²) < 4.78 is 1.42. The zero-order chi connectivity index (χ0) is 16.1. The number of nitrogens with two attached hydrogens (primary N) is 1. The van der Waals surface area contributed by atoms with Gasteiger partial charge in [0.2, 0.25) is 0 Å². The second-order valence-electron chi connectivity index (χ2n) is 5.38. The third-order valence-electron chi connectivity index (χ3n) is 3.74. The van der Waals surface area contributed by atoms with E-state index in [0.29, 0.717) is 6.42 Å². The minimum absolute atomic E-state index is 0.0336. The first-order chi connectivity index (χ1) is 10.5. The van der Waals surface area contributed by atoms with Crippen molar-refractivity contribution in [3.8, 4) is 0 Å². The highest BCUT2D eigenvalue weighted by Crippen LogP contribution is 2.24. The topological polar surface area (TPSA) is 101 Å². The van der Waals surface area contributed by atoms with Gasteiger partial charge in [0.25, 0.3) is 0 Å². The van der Waals surface area contributed by atoms with Crippen LogP contribution in [0.3, 0.4) is 0 Å². The summed E-state index contributed by atoms with van der Waals surface area (Å²) >= 11 is 0. The van der Waals surface area contributed by atoms with Crippen LogP contribution in [0.4, 0.5) is 5.82 Å². The Hall–Kier alpha value is -2.34. The molecule has 1 aromatic heterocycles. The molecule has 0 radical (unpaired) electrons. The number of anilines is 1. The van der Waals surface area contributed by atoms with Crippen molar-refractivity contribution >= 4 is 11.8 Å². The Morgan fingerprint density at radius 1 is 1.36 bits per heavy atom. The summed E-state index contributed by atoms with van der Waals surface area (Å²) in [5.74, 6) is -1.03. The molecule has 0 spiro atoms. The van der Waals surface area contributed by atoms with Crippen molar-refractivity contribution in [3.05, 3.63) is 47.7 Å². The number of benzene rings is 1. The first-order valence-electron chi connectivity index (χ1n) is 7.29. The summed E-state index contributed by atoms with van der Waals surface area (Å²) in [7, 11) is 0. The van der Waals surface area contributed by atoms with Crippen LogP contribution in [0, 0.1) is 0 Å². The van der Waals surface area contributed by atoms with E-state index in [1.807, 2.05) is 18.2 Å². The van der Waals surface area contributed by atoms with Gasteiger partial charge in [-0.15, -0.1) is 0 Å². The van der Waals surface area contributed by atoms with E-state index in [4.69, 9.17) is 10.8 Å². The van der Waals surface area contributed by atoms with Crippen molar-refractivity contribution in [3.63, 3.8) is 0 Å². The van der Waals surface area contributed by atoms with Gasteiger partial charge in [-0.1, -0.05) is 30.3 Å². The standard InChI is InChI=1S/C16H21N3O3/c1-11(20)14(9-5-8-12-6-3-2-4-7-12)19-15(17)13(10-18-19)16(21)22/h2-4,6-7,10-11,14,20H,5,8-9,17H2,1H3,(H,21,22). The van der Waals surface area contributed by atoms with Gasteiger partial charge in [0.15, 0.2) is 0 Å². The summed E-state index contributed by atoms with van der Waals surface area (Å²) in [6.45, 7) is 1.66. The Morgan fingerprint density at radius 2 is 2.05 bits per heavy atom. The summed E-state index contributed by atoms with van der Waals surface area (Å²) in [6, 6.07) is 9.74. The van der Waals surface area contributed by atoms with Crippen LogP contribution >= 0.6 is 0 Å². The van der Waals surface area contributed by atoms with Crippen molar-refractivity contribution in [2.45, 2.75) is 38.3 Å². The molecule has 0 saturated carbocycles. The molecule has 6 heteroatoms. The molecule has 0 amide bonds. The molecule has 1 heterocycles. The van der Waals surface area contributed by atoms with Crippen LogP contribution in [0.1, 0.15) is 41.7 Å². The fraction of sp³-hybridized carbons (Fsp3) is 0.375. The maximum atomic E-state index is 11.0. The second kappa shape index (κ2) is 7.09. The maximum absolute atomic E-state index is 11.0. The molecular weight excluding hydrogens is 282 g/mol. The second-order valence-corrected chi connectivity index (χ2v) is 5.38. The lowest BCUT2D eigenvalue weighted by Crippen LogP contribution is -2.24. The van der Waals surface area contributed by atoms with Crippen molar-refractivity contribution in [2.75, 3.05) is 5.73 Å². The summed E-state index contributed by atoms with van der Waals surface area (Å²) in [5.41, 5.74) is 7.03. The van der Waals surface area contributed by atoms with Crippen molar-refractivity contribution in [1.82, 2.24) is 9.78 Å². The molecule has 118 valence electrons. The Labute approximate surface area is 129 Å². The first kappa shape index (κ1) is 16.0. The predicted molar refractivity (Wildman–Crippen MR) is 83.7 cm³/mol. The van der Waals surface area contributed by atoms with Gasteiger partial charge in [0.1, 0.15) is 11.4 Å². The lowest BCUT2D eigenvalue weighted by Gasteiger charge is -2.21. The lowest BCUT2D eigenvalue weighted by molar-refractivity contribution is 0.0697. The van der Waals surface area contributed by atoms with Crippen molar-refractivity contribution in [2.24, 2.45) is 0 Å². The molecule has 2 rings (SSSR count). The van der Waals surface area contributed by atoms with Gasteiger partial charge >= 0.3 is 5.97 Å². The van der Waals surface area contributed by atoms with Gasteiger partial charge in [0, 0.05) is 0 Å². The zero-order valence-corrected chi connectivity index (χ0v) is 12.5. The van der Waals surface area contributed by atoms with E-state index in [9.17, 15) is 9.90 Å². The highest BCUT2D eigenvalue weighted by Gasteiger charge is 2.23. The van der Waals surface area contributed by atoms with Crippen LogP contribution in [0.5, 0.6) is 0 Å². The average Bonchev–Trinajstić information content (AvgIpc) is 2.86. The number of aliphatic hydroxyl groups excluding tert-OH is 1. The Kier molecular flexibility index (Phi) is 5.16. The Balaban J connectivity index is 2.06. The van der Waals surface area contributed by atoms with E-state index in [1.165, 1.54) is 16.4 Å². The van der Waals surface area contributed by atoms with E-state index in [1.54, 1.807) is 6.92 Å². The summed E-state index contributed by atoms with van der Waals surface area (Å²) in [6.07, 6.45) is 2.96. The number of nitrogens with zero attached hydrogens (tertiary/aromatic N) is 2. The average molecular weight is 303 g/mol. The Morgan fingerprint density at radius 3 is 2.59 bits per heavy atom. The number of nitrogen functional groups attached to an aromatic ring is 1. The minimum Gasteiger partial charge on any atom is -0.477 e. The number of hydrogen-bond donors (Lipinski definition) is 3. The molecule has 0 aliphatic rings. The third kappa shape index (κ3) is 3.65. The number of carboxylic acid groups (broad SMARTS) is 1. The molecule has 22 heavy (non-hydrogen) atoms. The fourth-order valence-electron chi connectivity index (χ4n) is 2.53. The van der Waals surface area contributed by atoms with Crippen LogP contribution < -0.4 is 5.73 Å². The smallest absolute Gasteiger partial charge is 0.341 e. The van der Waals surface area contributed by atoms with Gasteiger partial charge in [-0.3, -0.25) is 0 Å². The molecule has 4 N–H and O–H groups in total. The molecule has 2 atom stereocenters. The van der Waals surface area contributed by atoms with Crippen LogP contribution in [0.2, 0.25) is 0 Å². The van der Waals surface area contributed by atoms with Crippen molar-refractivity contribution < 1.29 is 15.0 Å². The molecule has 0 bridgehead atoms. The molecule has 0 fully saturated rings. The van der Waals surface area contributed by atoms with E-state index < -0.39 is 12.1 Å². The molecule has 2 unspecified atom stereocenters. The van der Waals surface area contributed by atoms with Crippen LogP contribution in [0.25, 0.3) is 0 Å². The Bertz CT molecular complexity index is 623. The summed E-state index contributed by atoms with van der Waals surface area (Å²) in [5, 5.41) is 23.0. The normalized spacial score (nSPS) is 13.7. The van der Waals surface area contributed by atoms with Crippen molar-refractivity contribution in [1.29, 1.82) is 0 Å². The molecule has 2 aromatic rings. The van der Waals surface area contributed by atoms with E-state index in [-0.39, 0.29) is 17.4 Å². The van der Waals surface area contributed by atoms with Crippen LogP contribution in [0.15, 0.2) is 36.5 Å². The maximum Gasteiger partial charge on any atom is 0.341 e. The number of carbonyl (C=O) groups is 1. The quantitative estimate of drug-likeness (QED) is 0.727. The van der Waals surface area contributed by atoms with Crippen LogP contribution in [-0.4, -0.2) is 32.1 Å². The molecular formula is C16H21N3O3. The number of aromatic carboxylic acids is 1. The number of carboxylic acids is 1. The van der Waals surface area contributed by atoms with E-state index in [0.717, 1.165) is 12.8 Å². The monoisotopic (exact) mass is 303 g/mol. The molecule has 0 aliphatic carbocycles. The van der Waals surface area contributed by atoms with Gasteiger partial charge in [-0.2, -0.15) is 5.10 Å². The summed E-state index contributed by atoms with van der Waals surface area (Å²) in [4.78, 5) is 11.0. The number of aromatic nitrogens is 2. The molecule has 6 nitrogen and oxygen atoms in total. The molecule has 1 aromatic carbocycles. The number of aliphatic hydroxyl groups is 1. The first-order valence-corrected chi connectivity index (χ1v) is 7.29. The largest absolute Gasteiger partial charge is 0.477 e. The number of rotatable bonds is 7. The van der Waals surface area contributed by atoms with Gasteiger partial charge in [0.05, 0.1) is 18.3 Å². The number of aryl methyl sites for hydroxylation is 1. The van der Waals surface area contributed by atoms with Gasteiger partial charge in [-0.05, 0) is 31.7 Å². The fourth-order valence-corrected chi connectivity index (χ4v) is 2.53. The van der Waals surface area contributed by atoms with Gasteiger partial charge in [-0.25, -0.2) is 9.48 Å². The van der Waals surface area contributed by atoms with Crippen LogP contribution in [-0.2, 0) is 6.42 Å². The van der Waals surface area contributed by atoms with E-state index in [2.05, 4.69) is 17.2 Å². The zero-order valence-electron chi connectivity index (χ0n) is 12.5. The highest BCUT2D eigenvalue weighted by molar-refractivity contribution is 5.92. The SMILES string of the molecule is CC(O)C(CCCc1ccccc1)n1ncc(C(=O)O)c1N. The highest BCUT2D eigenvalue weighted by atomic mass is 16.4. The lowest BCUT2D eigenvalue weighted by atomic mass is 10.0. The van der Waals surface area contributed by atoms with E-state index >= 15 is 0 Å². The molecule has 0 saturated heterocycles. The molecule has 0 aliphatic heterocycles. The minimum atomic E-state index is -1.11.